The molecule has 120 valence electrons. The summed E-state index contributed by atoms with van der Waals surface area (Å²) in [5, 5.41) is 14.3. The molecule has 0 saturated heterocycles. The first-order valence-electron chi connectivity index (χ1n) is 8.09. The predicted octanol–water partition coefficient (Wildman–Crippen LogP) is 2.69. The zero-order chi connectivity index (χ0) is 14.4. The summed E-state index contributed by atoms with van der Waals surface area (Å²) < 4.78 is 0.680. The van der Waals surface area contributed by atoms with Crippen LogP contribution in [0.5, 0.6) is 0 Å². The Morgan fingerprint density at radius 3 is 2.36 bits per heavy atom. The van der Waals surface area contributed by atoms with E-state index in [0.29, 0.717) is 15.7 Å². The van der Waals surface area contributed by atoms with Crippen molar-refractivity contribution in [3.63, 3.8) is 0 Å². The molecule has 4 aliphatic carbocycles. The van der Waals surface area contributed by atoms with Crippen molar-refractivity contribution in [1.82, 2.24) is 5.32 Å². The number of carbonyl (C=O) groups excluding carboxylic acids is 1. The average molecular weight is 323 g/mol. The Labute approximate surface area is 137 Å². The Morgan fingerprint density at radius 1 is 1.23 bits per heavy atom. The van der Waals surface area contributed by atoms with Gasteiger partial charge in [0.15, 0.2) is 12.4 Å². The van der Waals surface area contributed by atoms with Gasteiger partial charge in [0, 0.05) is 12.6 Å². The lowest BCUT2D eigenvalue weighted by Gasteiger charge is -2.56. The smallest absolute Gasteiger partial charge is 0.257 e. The van der Waals surface area contributed by atoms with Crippen LogP contribution in [-0.4, -0.2) is 12.5 Å². The molecule has 1 aromatic heterocycles. The molecule has 5 heteroatoms. The molecule has 0 radical (unpaired) electrons. The van der Waals surface area contributed by atoms with Crippen LogP contribution in [0.2, 0.25) is 0 Å². The molecule has 1 N–H and O–H groups in total. The van der Waals surface area contributed by atoms with Crippen LogP contribution in [0.3, 0.4) is 0 Å². The Kier molecular flexibility index (Phi) is 4.06. The van der Waals surface area contributed by atoms with Crippen LogP contribution in [0.1, 0.15) is 48.9 Å². The summed E-state index contributed by atoms with van der Waals surface area (Å²) in [5.41, 5.74) is 0.796. The van der Waals surface area contributed by atoms with Crippen LogP contribution in [0.15, 0.2) is 24.5 Å². The molecule has 5 rings (SSSR count). The van der Waals surface area contributed by atoms with Crippen LogP contribution < -0.4 is 10.0 Å². The van der Waals surface area contributed by atoms with Gasteiger partial charge in [-0.15, -0.1) is 12.4 Å². The molecule has 0 aromatic carbocycles. The third kappa shape index (κ3) is 2.81. The van der Waals surface area contributed by atoms with E-state index in [2.05, 4.69) is 5.32 Å². The number of rotatable bonds is 3. The quantitative estimate of drug-likeness (QED) is 0.687. The Hall–Kier alpha value is -1.29. The van der Waals surface area contributed by atoms with Crippen molar-refractivity contribution >= 4 is 18.3 Å². The van der Waals surface area contributed by atoms with E-state index in [-0.39, 0.29) is 18.3 Å². The number of carbonyl (C=O) groups is 1. The standard InChI is InChI=1S/C17H22N2O2.ClH/c20-16(15-2-1-3-19(21)10-15)18-11-17-7-12-4-13(8-17)6-14(5-12)9-17;/h1-3,10,12-14H,4-9,11H2,(H,18,20);1H. The fraction of sp³-hybridized carbons (Fsp3) is 0.647. The van der Waals surface area contributed by atoms with Gasteiger partial charge in [-0.05, 0) is 67.8 Å². The van der Waals surface area contributed by atoms with E-state index in [1.165, 1.54) is 50.9 Å². The molecule has 1 aromatic rings. The van der Waals surface area contributed by atoms with Crippen LogP contribution in [0.4, 0.5) is 0 Å². The number of nitrogens with zero attached hydrogens (tertiary/aromatic N) is 1. The molecule has 4 saturated carbocycles. The van der Waals surface area contributed by atoms with Gasteiger partial charge in [-0.25, -0.2) is 0 Å². The third-order valence-corrected chi connectivity index (χ3v) is 5.83. The van der Waals surface area contributed by atoms with Crippen LogP contribution in [0.25, 0.3) is 0 Å². The molecule has 22 heavy (non-hydrogen) atoms. The van der Waals surface area contributed by atoms with E-state index in [1.807, 2.05) is 0 Å². The summed E-state index contributed by atoms with van der Waals surface area (Å²) >= 11 is 0. The molecular weight excluding hydrogens is 300 g/mol. The van der Waals surface area contributed by atoms with Gasteiger partial charge in [0.25, 0.3) is 5.91 Å². The first-order chi connectivity index (χ1) is 10.1. The average Bonchev–Trinajstić information content (AvgIpc) is 2.43. The largest absolute Gasteiger partial charge is 0.619 e. The molecule has 1 amide bonds. The minimum atomic E-state index is -0.115. The van der Waals surface area contributed by atoms with Crippen molar-refractivity contribution in [2.45, 2.75) is 38.5 Å². The second kappa shape index (κ2) is 5.73. The number of halogens is 1. The van der Waals surface area contributed by atoms with Gasteiger partial charge in [0.2, 0.25) is 0 Å². The summed E-state index contributed by atoms with van der Waals surface area (Å²) in [6.07, 6.45) is 10.9. The Morgan fingerprint density at radius 2 is 1.82 bits per heavy atom. The molecule has 4 fully saturated rings. The molecule has 4 aliphatic rings. The highest BCUT2D eigenvalue weighted by atomic mass is 35.5. The van der Waals surface area contributed by atoms with E-state index >= 15 is 0 Å². The van der Waals surface area contributed by atoms with E-state index in [4.69, 9.17) is 0 Å². The van der Waals surface area contributed by atoms with Gasteiger partial charge >= 0.3 is 0 Å². The highest BCUT2D eigenvalue weighted by molar-refractivity contribution is 5.93. The van der Waals surface area contributed by atoms with Gasteiger partial charge < -0.3 is 10.5 Å². The summed E-state index contributed by atoms with van der Waals surface area (Å²) in [5.74, 6) is 2.58. The third-order valence-electron chi connectivity index (χ3n) is 5.83. The molecule has 0 unspecified atom stereocenters. The minimum Gasteiger partial charge on any atom is -0.619 e. The van der Waals surface area contributed by atoms with Crippen molar-refractivity contribution < 1.29 is 9.52 Å². The van der Waals surface area contributed by atoms with Crippen molar-refractivity contribution in [3.05, 3.63) is 35.3 Å². The second-order valence-electron chi connectivity index (χ2n) is 7.55. The zero-order valence-electron chi connectivity index (χ0n) is 12.7. The lowest BCUT2D eigenvalue weighted by Crippen LogP contribution is -2.51. The van der Waals surface area contributed by atoms with Gasteiger partial charge in [0.1, 0.15) is 5.56 Å². The summed E-state index contributed by atoms with van der Waals surface area (Å²) in [6.45, 7) is 0.781. The number of aromatic nitrogens is 1. The maximum atomic E-state index is 12.2. The SMILES string of the molecule is Cl.O=C(NCC12CC3CC(CC(C3)C1)C2)c1ccc[n+]([O-])c1. The zero-order valence-corrected chi connectivity index (χ0v) is 13.5. The Bertz CT molecular complexity index is 540. The first kappa shape index (κ1) is 15.6. The first-order valence-corrected chi connectivity index (χ1v) is 8.09. The Balaban J connectivity index is 0.00000144. The molecule has 4 nitrogen and oxygen atoms in total. The topological polar surface area (TPSA) is 56.0 Å². The van der Waals surface area contributed by atoms with Crippen molar-refractivity contribution in [1.29, 1.82) is 0 Å². The highest BCUT2D eigenvalue weighted by Gasteiger charge is 2.50. The molecular formula is C17H23ClN2O2. The number of nitrogens with one attached hydrogen (secondary N) is 1. The summed E-state index contributed by atoms with van der Waals surface area (Å²) in [7, 11) is 0. The fourth-order valence-corrected chi connectivity index (χ4v) is 5.47. The molecule has 1 heterocycles. The predicted molar refractivity (Wildman–Crippen MR) is 85.6 cm³/mol. The van der Waals surface area contributed by atoms with Crippen molar-refractivity contribution in [3.8, 4) is 0 Å². The lowest BCUT2D eigenvalue weighted by molar-refractivity contribution is -0.605. The van der Waals surface area contributed by atoms with Crippen LogP contribution in [-0.2, 0) is 0 Å². The molecule has 0 spiro atoms. The van der Waals surface area contributed by atoms with Crippen molar-refractivity contribution in [2.24, 2.45) is 23.2 Å². The van der Waals surface area contributed by atoms with E-state index in [1.54, 1.807) is 12.1 Å². The van der Waals surface area contributed by atoms with E-state index in [9.17, 15) is 10.0 Å². The fourth-order valence-electron chi connectivity index (χ4n) is 5.47. The number of amides is 1. The van der Waals surface area contributed by atoms with E-state index in [0.717, 1.165) is 24.3 Å². The molecule has 0 atom stereocenters. The number of pyridine rings is 1. The maximum Gasteiger partial charge on any atom is 0.257 e. The number of hydrogen-bond acceptors (Lipinski definition) is 2. The number of hydrogen-bond donors (Lipinski definition) is 1. The van der Waals surface area contributed by atoms with Crippen molar-refractivity contribution in [2.75, 3.05) is 6.54 Å². The maximum absolute atomic E-state index is 12.2. The second-order valence-corrected chi connectivity index (χ2v) is 7.55. The monoisotopic (exact) mass is 322 g/mol. The summed E-state index contributed by atoms with van der Waals surface area (Å²) in [4.78, 5) is 12.2. The highest BCUT2D eigenvalue weighted by Crippen LogP contribution is 2.59. The molecule has 0 aliphatic heterocycles. The van der Waals surface area contributed by atoms with Gasteiger partial charge in [-0.3, -0.25) is 4.79 Å². The minimum absolute atomic E-state index is 0. The van der Waals surface area contributed by atoms with Crippen LogP contribution in [0, 0.1) is 28.4 Å². The van der Waals surface area contributed by atoms with Gasteiger partial charge in [-0.2, -0.15) is 4.73 Å². The molecule has 4 bridgehead atoms. The van der Waals surface area contributed by atoms with Crippen LogP contribution >= 0.6 is 12.4 Å². The normalized spacial score (nSPS) is 35.0. The summed E-state index contributed by atoms with van der Waals surface area (Å²) in [6, 6.07) is 3.32. The van der Waals surface area contributed by atoms with Gasteiger partial charge in [-0.1, -0.05) is 0 Å². The lowest BCUT2D eigenvalue weighted by atomic mass is 9.49. The van der Waals surface area contributed by atoms with Gasteiger partial charge in [0.05, 0.1) is 0 Å². The van der Waals surface area contributed by atoms with E-state index < -0.39 is 0 Å².